The van der Waals surface area contributed by atoms with Crippen LogP contribution in [0.4, 0.5) is 18.0 Å². The van der Waals surface area contributed by atoms with E-state index in [0.717, 1.165) is 12.1 Å². The van der Waals surface area contributed by atoms with Gasteiger partial charge in [0.2, 0.25) is 11.8 Å². The average Bonchev–Trinajstić information content (AvgIpc) is 3.33. The van der Waals surface area contributed by atoms with Crippen LogP contribution in [0.2, 0.25) is 0 Å². The molecule has 1 N–H and O–H groups in total. The lowest BCUT2D eigenvalue weighted by Crippen LogP contribution is -2.49. The zero-order valence-electron chi connectivity index (χ0n) is 27.3. The van der Waals surface area contributed by atoms with E-state index < -0.39 is 29.0 Å². The third-order valence-electron chi connectivity index (χ3n) is 9.95. The molecule has 1 aromatic carbocycles. The molecular formula is C34H37F3N6O5. The summed E-state index contributed by atoms with van der Waals surface area (Å²) in [6.45, 7) is 9.76. The van der Waals surface area contributed by atoms with Gasteiger partial charge < -0.3 is 19.3 Å². The van der Waals surface area contributed by atoms with E-state index in [0.29, 0.717) is 22.0 Å². The Morgan fingerprint density at radius 3 is 2.35 bits per heavy atom. The molecule has 3 aliphatic rings. The van der Waals surface area contributed by atoms with E-state index >= 15 is 0 Å². The molecule has 254 valence electrons. The molecule has 11 nitrogen and oxygen atoms in total. The third kappa shape index (κ3) is 5.39. The number of fused-ring (bicyclic) bond motifs is 3. The molecule has 2 saturated heterocycles. The van der Waals surface area contributed by atoms with Crippen LogP contribution in [0.3, 0.4) is 0 Å². The van der Waals surface area contributed by atoms with Crippen LogP contribution in [0.5, 0.6) is 0 Å². The molecule has 14 heteroatoms. The minimum atomic E-state index is -4.64. The second kappa shape index (κ2) is 10.5. The summed E-state index contributed by atoms with van der Waals surface area (Å²) in [6, 6.07) is 5.38. The highest BCUT2D eigenvalue weighted by atomic mass is 19.4. The highest BCUT2D eigenvalue weighted by Gasteiger charge is 2.72. The minimum Gasteiger partial charge on any atom is -0.444 e. The van der Waals surface area contributed by atoms with Crippen LogP contribution < -0.4 is 0 Å². The number of benzene rings is 1. The van der Waals surface area contributed by atoms with Crippen molar-refractivity contribution in [3.05, 3.63) is 54.1 Å². The molecule has 2 unspecified atom stereocenters. The van der Waals surface area contributed by atoms with Crippen LogP contribution in [0.25, 0.3) is 27.7 Å². The Kier molecular flexibility index (Phi) is 7.04. The summed E-state index contributed by atoms with van der Waals surface area (Å²) in [6.07, 6.45) is -0.0820. The van der Waals surface area contributed by atoms with Crippen molar-refractivity contribution < 1.29 is 37.4 Å². The van der Waals surface area contributed by atoms with E-state index in [4.69, 9.17) is 4.74 Å². The molecule has 0 spiro atoms. The monoisotopic (exact) mass is 666 g/mol. The van der Waals surface area contributed by atoms with Crippen molar-refractivity contribution in [2.45, 2.75) is 77.9 Å². The summed E-state index contributed by atoms with van der Waals surface area (Å²) in [5, 5.41) is 16.2. The maximum Gasteiger partial charge on any atom is 0.416 e. The van der Waals surface area contributed by atoms with E-state index in [-0.39, 0.29) is 79.3 Å². The number of carbonyl (C=O) groups excluding carboxylic acids is 3. The largest absolute Gasteiger partial charge is 0.444 e. The summed E-state index contributed by atoms with van der Waals surface area (Å²) in [4.78, 5) is 45.8. The molecule has 2 aliphatic heterocycles. The van der Waals surface area contributed by atoms with Gasteiger partial charge in [-0.1, -0.05) is 13.8 Å². The van der Waals surface area contributed by atoms with Crippen LogP contribution in [-0.4, -0.2) is 76.3 Å². The van der Waals surface area contributed by atoms with E-state index in [1.165, 1.54) is 15.7 Å². The summed E-state index contributed by atoms with van der Waals surface area (Å²) in [5.74, 6) is -1.10. The Balaban J connectivity index is 1.22. The molecule has 4 aromatic rings. The van der Waals surface area contributed by atoms with Crippen LogP contribution in [0.1, 0.15) is 58.6 Å². The number of hydrogen-bond acceptors (Lipinski definition) is 7. The summed E-state index contributed by atoms with van der Waals surface area (Å²) in [7, 11) is 0. The standard InChI is InChI=1S/C34H37F3N6O5/c1-31(2,3)48-30(46)40-10-7-33(47,8-11-40)17-41-9-6-20-13-21(34(35,36)37)14-22(27(20)41)26-23-12-19(16-43(23)39-18-38-26)15-42-28(44)24-25(29(42)45)32(24,4)5/h6,9,12-14,16,18,24-25,47H,7-8,10-11,15,17H2,1-5H3. The number of nitrogens with zero attached hydrogens (tertiary/aromatic N) is 6. The summed E-state index contributed by atoms with van der Waals surface area (Å²) < 4.78 is 51.2. The third-order valence-corrected chi connectivity index (χ3v) is 9.95. The van der Waals surface area contributed by atoms with Gasteiger partial charge in [-0.3, -0.25) is 14.5 Å². The number of likely N-dealkylation sites (tertiary alicyclic amines) is 2. The molecule has 3 fully saturated rings. The normalized spacial score (nSPS) is 22.1. The van der Waals surface area contributed by atoms with Crippen LogP contribution in [0, 0.1) is 17.3 Å². The summed E-state index contributed by atoms with van der Waals surface area (Å²) in [5.41, 5.74) is -1.26. The number of hydrogen-bond donors (Lipinski definition) is 1. The number of carbonyl (C=O) groups is 3. The first kappa shape index (κ1) is 32.1. The fourth-order valence-electron chi connectivity index (χ4n) is 7.35. The molecule has 0 radical (unpaired) electrons. The molecule has 5 heterocycles. The zero-order chi connectivity index (χ0) is 34.6. The van der Waals surface area contributed by atoms with Gasteiger partial charge in [-0.05, 0) is 68.9 Å². The Morgan fingerprint density at radius 1 is 1.06 bits per heavy atom. The molecule has 2 atom stereocenters. The SMILES string of the molecule is CC(C)(C)OC(=O)N1CCC(O)(Cn2ccc3cc(C(F)(F)F)cc(-c4ncnn5cc(CN6C(=O)C7C(C6=O)C7(C)C)cc45)c32)CC1. The van der Waals surface area contributed by atoms with Crippen molar-refractivity contribution in [3.63, 3.8) is 0 Å². The zero-order valence-corrected chi connectivity index (χ0v) is 27.3. The fraction of sp³-hybridized carbons (Fsp3) is 0.500. The maximum atomic E-state index is 14.2. The van der Waals surface area contributed by atoms with Gasteiger partial charge in [0, 0.05) is 36.4 Å². The molecule has 48 heavy (non-hydrogen) atoms. The van der Waals surface area contributed by atoms with Gasteiger partial charge >= 0.3 is 12.3 Å². The number of halogens is 3. The number of amides is 3. The van der Waals surface area contributed by atoms with E-state index in [9.17, 15) is 32.7 Å². The molecule has 7 rings (SSSR count). The molecule has 0 bridgehead atoms. The van der Waals surface area contributed by atoms with Gasteiger partial charge in [-0.15, -0.1) is 0 Å². The van der Waals surface area contributed by atoms with E-state index in [1.54, 1.807) is 54.8 Å². The van der Waals surface area contributed by atoms with Crippen molar-refractivity contribution in [2.75, 3.05) is 13.1 Å². The quantitative estimate of drug-likeness (QED) is 0.288. The summed E-state index contributed by atoms with van der Waals surface area (Å²) >= 11 is 0. The lowest BCUT2D eigenvalue weighted by atomic mass is 9.91. The highest BCUT2D eigenvalue weighted by molar-refractivity contribution is 6.10. The van der Waals surface area contributed by atoms with Crippen LogP contribution >= 0.6 is 0 Å². The number of ether oxygens (including phenoxy) is 1. The lowest BCUT2D eigenvalue weighted by molar-refractivity contribution is -0.144. The van der Waals surface area contributed by atoms with Crippen molar-refractivity contribution in [1.29, 1.82) is 0 Å². The molecular weight excluding hydrogens is 629 g/mol. The minimum absolute atomic E-state index is 0.0191. The topological polar surface area (TPSA) is 122 Å². The first-order valence-electron chi connectivity index (χ1n) is 15.9. The Bertz CT molecular complexity index is 1960. The van der Waals surface area contributed by atoms with Crippen molar-refractivity contribution in [1.82, 2.24) is 29.0 Å². The predicted molar refractivity (Wildman–Crippen MR) is 167 cm³/mol. The van der Waals surface area contributed by atoms with Crippen LogP contribution in [-0.2, 0) is 33.6 Å². The smallest absolute Gasteiger partial charge is 0.416 e. The number of imide groups is 1. The van der Waals surface area contributed by atoms with Gasteiger partial charge in [-0.2, -0.15) is 18.3 Å². The number of rotatable bonds is 5. The maximum absolute atomic E-state index is 14.2. The van der Waals surface area contributed by atoms with Crippen molar-refractivity contribution >= 4 is 34.3 Å². The average molecular weight is 667 g/mol. The van der Waals surface area contributed by atoms with E-state index in [2.05, 4.69) is 10.1 Å². The lowest BCUT2D eigenvalue weighted by Gasteiger charge is -2.39. The first-order valence-corrected chi connectivity index (χ1v) is 15.9. The van der Waals surface area contributed by atoms with E-state index in [1.807, 2.05) is 13.8 Å². The number of aromatic nitrogens is 4. The Hall–Kier alpha value is -4.46. The Morgan fingerprint density at radius 2 is 1.73 bits per heavy atom. The van der Waals surface area contributed by atoms with Gasteiger partial charge in [0.05, 0.1) is 52.8 Å². The molecule has 1 saturated carbocycles. The number of piperidine rings is 2. The molecule has 1 aliphatic carbocycles. The van der Waals surface area contributed by atoms with Gasteiger partial charge in [-0.25, -0.2) is 14.3 Å². The van der Waals surface area contributed by atoms with Gasteiger partial charge in [0.15, 0.2) is 0 Å². The van der Waals surface area contributed by atoms with Crippen molar-refractivity contribution in [2.24, 2.45) is 17.3 Å². The second-order valence-electron chi connectivity index (χ2n) is 14.9. The Labute approximate surface area is 274 Å². The predicted octanol–water partition coefficient (Wildman–Crippen LogP) is 5.27. The molecule has 3 amide bonds. The number of alkyl halides is 3. The fourth-order valence-corrected chi connectivity index (χ4v) is 7.35. The van der Waals surface area contributed by atoms with Crippen LogP contribution in [0.15, 0.2) is 43.0 Å². The van der Waals surface area contributed by atoms with Crippen molar-refractivity contribution in [3.8, 4) is 11.3 Å². The second-order valence-corrected chi connectivity index (χ2v) is 14.9. The van der Waals surface area contributed by atoms with Gasteiger partial charge in [0.25, 0.3) is 0 Å². The van der Waals surface area contributed by atoms with Gasteiger partial charge in [0.1, 0.15) is 11.9 Å². The molecule has 3 aromatic heterocycles. The highest BCUT2D eigenvalue weighted by Crippen LogP contribution is 2.63. The number of aliphatic hydroxyl groups is 1. The first-order chi connectivity index (χ1) is 22.4.